The van der Waals surface area contributed by atoms with E-state index in [1.165, 1.54) is 15.5 Å². The van der Waals surface area contributed by atoms with Crippen molar-refractivity contribution in [2.45, 2.75) is 6.92 Å². The van der Waals surface area contributed by atoms with Crippen molar-refractivity contribution >= 4 is 43.4 Å². The molecule has 23 heavy (non-hydrogen) atoms. The molecule has 0 bridgehead atoms. The molecule has 0 saturated heterocycles. The number of para-hydroxylation sites is 1. The van der Waals surface area contributed by atoms with Gasteiger partial charge in [-0.05, 0) is 48.2 Å². The predicted octanol–water partition coefficient (Wildman–Crippen LogP) is 6.17. The summed E-state index contributed by atoms with van der Waals surface area (Å²) in [5.74, 6) is 0. The Labute approximate surface area is 137 Å². The average molecular weight is 315 g/mol. The number of pyridine rings is 1. The molecule has 0 amide bonds. The molecule has 0 saturated carbocycles. The Morgan fingerprint density at radius 2 is 1.91 bits per heavy atom. The molecule has 3 heteroatoms. The van der Waals surface area contributed by atoms with Gasteiger partial charge in [-0.15, -0.1) is 11.3 Å². The first-order valence-corrected chi connectivity index (χ1v) is 8.44. The summed E-state index contributed by atoms with van der Waals surface area (Å²) in [4.78, 5) is 4.56. The van der Waals surface area contributed by atoms with Gasteiger partial charge in [0.05, 0.1) is 5.69 Å². The highest BCUT2D eigenvalue weighted by atomic mass is 32.1. The van der Waals surface area contributed by atoms with Gasteiger partial charge in [-0.3, -0.25) is 4.98 Å². The van der Waals surface area contributed by atoms with E-state index in [1.807, 2.05) is 13.1 Å². The van der Waals surface area contributed by atoms with Crippen LogP contribution in [0.15, 0.2) is 64.5 Å². The number of rotatable bonds is 1. The predicted molar refractivity (Wildman–Crippen MR) is 97.1 cm³/mol. The second-order valence-corrected chi connectivity index (χ2v) is 6.72. The summed E-state index contributed by atoms with van der Waals surface area (Å²) in [6, 6.07) is 16.8. The van der Waals surface area contributed by atoms with E-state index in [2.05, 4.69) is 58.9 Å². The van der Waals surface area contributed by atoms with E-state index in [1.54, 1.807) is 11.3 Å². The van der Waals surface area contributed by atoms with E-state index in [-0.39, 0.29) is 0 Å². The van der Waals surface area contributed by atoms with E-state index in [4.69, 9.17) is 4.42 Å². The molecule has 3 aromatic heterocycles. The second kappa shape index (κ2) is 4.67. The number of hydrogen-bond acceptors (Lipinski definition) is 3. The summed E-state index contributed by atoms with van der Waals surface area (Å²) in [7, 11) is 0. The average Bonchev–Trinajstić information content (AvgIpc) is 3.18. The molecule has 0 unspecified atom stereocenters. The smallest absolute Gasteiger partial charge is 0.144 e. The topological polar surface area (TPSA) is 26.0 Å². The van der Waals surface area contributed by atoms with Crippen molar-refractivity contribution in [3.05, 3.63) is 65.7 Å². The SMILES string of the molecule is Cc1ccc(-c2cccc3c2oc2ccc4sccc4c23)nc1. The van der Waals surface area contributed by atoms with E-state index in [9.17, 15) is 0 Å². The maximum Gasteiger partial charge on any atom is 0.144 e. The van der Waals surface area contributed by atoms with Gasteiger partial charge in [0, 0.05) is 32.6 Å². The zero-order valence-corrected chi connectivity index (χ0v) is 13.4. The summed E-state index contributed by atoms with van der Waals surface area (Å²) in [5, 5.41) is 5.76. The Bertz CT molecular complexity index is 1170. The van der Waals surface area contributed by atoms with Gasteiger partial charge in [0.15, 0.2) is 0 Å². The first-order valence-electron chi connectivity index (χ1n) is 7.56. The van der Waals surface area contributed by atoms with Crippen molar-refractivity contribution < 1.29 is 4.42 Å². The van der Waals surface area contributed by atoms with Crippen LogP contribution >= 0.6 is 11.3 Å². The molecule has 0 fully saturated rings. The zero-order valence-electron chi connectivity index (χ0n) is 12.5. The minimum absolute atomic E-state index is 0.914. The Morgan fingerprint density at radius 1 is 0.957 bits per heavy atom. The van der Waals surface area contributed by atoms with Crippen LogP contribution in [0.3, 0.4) is 0 Å². The van der Waals surface area contributed by atoms with Crippen molar-refractivity contribution in [2.75, 3.05) is 0 Å². The number of fused-ring (bicyclic) bond motifs is 5. The second-order valence-electron chi connectivity index (χ2n) is 5.78. The third-order valence-electron chi connectivity index (χ3n) is 4.28. The molecule has 110 valence electrons. The van der Waals surface area contributed by atoms with Crippen LogP contribution in [0.25, 0.3) is 43.3 Å². The highest BCUT2D eigenvalue weighted by Crippen LogP contribution is 2.39. The maximum absolute atomic E-state index is 6.21. The van der Waals surface area contributed by atoms with Gasteiger partial charge in [-0.2, -0.15) is 0 Å². The van der Waals surface area contributed by atoms with Gasteiger partial charge in [0.25, 0.3) is 0 Å². The lowest BCUT2D eigenvalue weighted by atomic mass is 10.0. The summed E-state index contributed by atoms with van der Waals surface area (Å²) < 4.78 is 7.50. The molecule has 0 N–H and O–H groups in total. The van der Waals surface area contributed by atoms with Crippen LogP contribution in [0.2, 0.25) is 0 Å². The third-order valence-corrected chi connectivity index (χ3v) is 5.16. The molecule has 0 aliphatic carbocycles. The lowest BCUT2D eigenvalue weighted by Gasteiger charge is -2.02. The summed E-state index contributed by atoms with van der Waals surface area (Å²) in [6.45, 7) is 2.05. The van der Waals surface area contributed by atoms with Crippen LogP contribution in [-0.2, 0) is 0 Å². The van der Waals surface area contributed by atoms with Crippen molar-refractivity contribution in [1.82, 2.24) is 4.98 Å². The molecule has 0 atom stereocenters. The van der Waals surface area contributed by atoms with Crippen LogP contribution in [0.5, 0.6) is 0 Å². The number of aromatic nitrogens is 1. The zero-order chi connectivity index (χ0) is 15.4. The van der Waals surface area contributed by atoms with Gasteiger partial charge in [-0.25, -0.2) is 0 Å². The Hall–Kier alpha value is -2.65. The fourth-order valence-electron chi connectivity index (χ4n) is 3.17. The van der Waals surface area contributed by atoms with Gasteiger partial charge >= 0.3 is 0 Å². The molecule has 0 radical (unpaired) electrons. The van der Waals surface area contributed by atoms with Gasteiger partial charge in [0.2, 0.25) is 0 Å². The van der Waals surface area contributed by atoms with Crippen molar-refractivity contribution in [2.24, 2.45) is 0 Å². The van der Waals surface area contributed by atoms with E-state index >= 15 is 0 Å². The minimum Gasteiger partial charge on any atom is -0.455 e. The maximum atomic E-state index is 6.21. The quantitative estimate of drug-likeness (QED) is 0.369. The molecule has 2 aromatic carbocycles. The van der Waals surface area contributed by atoms with E-state index in [0.29, 0.717) is 0 Å². The van der Waals surface area contributed by atoms with Crippen LogP contribution < -0.4 is 0 Å². The van der Waals surface area contributed by atoms with Crippen LogP contribution in [0, 0.1) is 6.92 Å². The molecule has 0 aliphatic heterocycles. The summed E-state index contributed by atoms with van der Waals surface area (Å²) in [5.41, 5.74) is 5.00. The number of aryl methyl sites for hydroxylation is 1. The standard InChI is InChI=1S/C20H13NOS/c1-12-5-6-16(21-11-12)13-3-2-4-15-19-14-9-10-23-18(14)8-7-17(19)22-20(13)15/h2-11H,1H3. The highest BCUT2D eigenvalue weighted by Gasteiger charge is 2.15. The molecule has 0 spiro atoms. The molecule has 2 nitrogen and oxygen atoms in total. The fourth-order valence-corrected chi connectivity index (χ4v) is 3.96. The van der Waals surface area contributed by atoms with E-state index in [0.717, 1.165) is 33.4 Å². The summed E-state index contributed by atoms with van der Waals surface area (Å²) >= 11 is 1.76. The van der Waals surface area contributed by atoms with Crippen LogP contribution in [0.4, 0.5) is 0 Å². The van der Waals surface area contributed by atoms with Crippen LogP contribution in [-0.4, -0.2) is 4.98 Å². The minimum atomic E-state index is 0.914. The molecule has 5 aromatic rings. The number of thiophene rings is 1. The fraction of sp³-hybridized carbons (Fsp3) is 0.0500. The first kappa shape index (κ1) is 12.9. The molecule has 3 heterocycles. The third kappa shape index (κ3) is 1.83. The van der Waals surface area contributed by atoms with E-state index < -0.39 is 0 Å². The normalized spacial score (nSPS) is 11.7. The first-order chi connectivity index (χ1) is 11.3. The molecular weight excluding hydrogens is 302 g/mol. The number of nitrogens with zero attached hydrogens (tertiary/aromatic N) is 1. The van der Waals surface area contributed by atoms with Gasteiger partial charge in [-0.1, -0.05) is 18.2 Å². The molecule has 0 aliphatic rings. The molecular formula is C20H13NOS. The molecule has 5 rings (SSSR count). The number of furan rings is 1. The lowest BCUT2D eigenvalue weighted by molar-refractivity contribution is 0.670. The van der Waals surface area contributed by atoms with Crippen molar-refractivity contribution in [3.63, 3.8) is 0 Å². The Kier molecular flexibility index (Phi) is 2.61. The highest BCUT2D eigenvalue weighted by molar-refractivity contribution is 7.17. The largest absolute Gasteiger partial charge is 0.455 e. The summed E-state index contributed by atoms with van der Waals surface area (Å²) in [6.07, 6.45) is 1.90. The monoisotopic (exact) mass is 315 g/mol. The Balaban J connectivity index is 1.91. The number of benzene rings is 2. The van der Waals surface area contributed by atoms with Crippen LogP contribution in [0.1, 0.15) is 5.56 Å². The Morgan fingerprint density at radius 3 is 2.78 bits per heavy atom. The van der Waals surface area contributed by atoms with Gasteiger partial charge in [0.1, 0.15) is 11.2 Å². The number of hydrogen-bond donors (Lipinski definition) is 0. The van der Waals surface area contributed by atoms with Gasteiger partial charge < -0.3 is 4.42 Å². The van der Waals surface area contributed by atoms with Crippen molar-refractivity contribution in [3.8, 4) is 11.3 Å². The lowest BCUT2D eigenvalue weighted by Crippen LogP contribution is -1.84. The van der Waals surface area contributed by atoms with Crippen molar-refractivity contribution in [1.29, 1.82) is 0 Å².